The fourth-order valence-electron chi connectivity index (χ4n) is 2.90. The molecule has 0 radical (unpaired) electrons. The molecule has 0 aliphatic rings. The first-order valence-corrected chi connectivity index (χ1v) is 11.8. The molecule has 200 valence electrons. The van der Waals surface area contributed by atoms with Crippen molar-refractivity contribution >= 4 is 0 Å². The molecule has 6 nitrogen and oxygen atoms in total. The molecular formula is C30H36FeO6. The van der Waals surface area contributed by atoms with Gasteiger partial charge in [0.05, 0.1) is 0 Å². The van der Waals surface area contributed by atoms with Crippen molar-refractivity contribution in [2.75, 3.05) is 0 Å². The van der Waals surface area contributed by atoms with Crippen LogP contribution in [0.1, 0.15) is 76.0 Å². The number of hydrogen-bond acceptors (Lipinski definition) is 6. The van der Waals surface area contributed by atoms with E-state index < -0.39 is 0 Å². The van der Waals surface area contributed by atoms with Crippen LogP contribution in [-0.4, -0.2) is 15.3 Å². The zero-order valence-electron chi connectivity index (χ0n) is 22.1. The van der Waals surface area contributed by atoms with Gasteiger partial charge in [0.1, 0.15) is 0 Å². The Morgan fingerprint density at radius 2 is 0.676 bits per heavy atom. The Kier molecular flexibility index (Phi) is 14.8. The molecule has 3 rings (SSSR count). The largest absolute Gasteiger partial charge is 0.504 e. The smallest absolute Gasteiger partial charge is 0.220 e. The van der Waals surface area contributed by atoms with Crippen molar-refractivity contribution in [2.45, 2.75) is 59.3 Å². The van der Waals surface area contributed by atoms with Crippen molar-refractivity contribution in [3.05, 3.63) is 120 Å². The monoisotopic (exact) mass is 548 g/mol. The zero-order valence-corrected chi connectivity index (χ0v) is 23.2. The van der Waals surface area contributed by atoms with Crippen molar-refractivity contribution in [1.29, 1.82) is 0 Å². The summed E-state index contributed by atoms with van der Waals surface area (Å²) >= 11 is 0. The summed E-state index contributed by atoms with van der Waals surface area (Å²) in [5.41, 5.74) is 1.91. The van der Waals surface area contributed by atoms with Gasteiger partial charge in [-0.1, -0.05) is 77.9 Å². The summed E-state index contributed by atoms with van der Waals surface area (Å²) in [6.07, 6.45) is 0. The third kappa shape index (κ3) is 11.9. The van der Waals surface area contributed by atoms with Crippen LogP contribution in [0.4, 0.5) is 0 Å². The second-order valence-electron chi connectivity index (χ2n) is 9.22. The van der Waals surface area contributed by atoms with Crippen LogP contribution in [0, 0.1) is 0 Å². The third-order valence-electron chi connectivity index (χ3n) is 5.28. The molecular weight excluding hydrogens is 512 g/mol. The molecule has 3 aromatic carbocycles. The summed E-state index contributed by atoms with van der Waals surface area (Å²) in [5.74, 6) is 0.434. The maximum atomic E-state index is 10.9. The summed E-state index contributed by atoms with van der Waals surface area (Å²) in [4.78, 5) is 32.8. The van der Waals surface area contributed by atoms with Gasteiger partial charge in [-0.05, 0) is 70.8 Å². The molecule has 0 spiro atoms. The van der Waals surface area contributed by atoms with Crippen molar-refractivity contribution in [2.24, 2.45) is 0 Å². The van der Waals surface area contributed by atoms with Gasteiger partial charge in [-0.2, -0.15) is 0 Å². The summed E-state index contributed by atoms with van der Waals surface area (Å²) in [6, 6.07) is 19.2. The van der Waals surface area contributed by atoms with Gasteiger partial charge < -0.3 is 15.3 Å². The minimum atomic E-state index is -0.332. The van der Waals surface area contributed by atoms with Crippen LogP contribution in [-0.2, 0) is 17.1 Å². The fourth-order valence-corrected chi connectivity index (χ4v) is 2.90. The van der Waals surface area contributed by atoms with Gasteiger partial charge in [0.25, 0.3) is 0 Å². The average molecular weight is 548 g/mol. The minimum Gasteiger partial charge on any atom is -0.504 e. The Morgan fingerprint density at radius 1 is 0.459 bits per heavy atom. The topological polar surface area (TPSA) is 112 Å². The van der Waals surface area contributed by atoms with E-state index in [0.717, 1.165) is 16.7 Å². The number of rotatable bonds is 3. The molecule has 7 heteroatoms. The molecule has 0 fully saturated rings. The van der Waals surface area contributed by atoms with E-state index in [1.165, 1.54) is 36.4 Å². The van der Waals surface area contributed by atoms with Crippen molar-refractivity contribution in [3.8, 4) is 17.2 Å². The second-order valence-corrected chi connectivity index (χ2v) is 9.22. The van der Waals surface area contributed by atoms with Crippen LogP contribution in [0.15, 0.2) is 87.2 Å². The summed E-state index contributed by atoms with van der Waals surface area (Å²) in [5, 5.41) is 27.6. The van der Waals surface area contributed by atoms with Crippen molar-refractivity contribution in [3.63, 3.8) is 0 Å². The van der Waals surface area contributed by atoms with Gasteiger partial charge in [0, 0.05) is 17.1 Å². The Morgan fingerprint density at radius 3 is 0.865 bits per heavy atom. The molecule has 0 saturated carbocycles. The molecule has 0 saturated heterocycles. The predicted molar refractivity (Wildman–Crippen MR) is 145 cm³/mol. The molecule has 0 aromatic heterocycles. The van der Waals surface area contributed by atoms with Crippen molar-refractivity contribution in [1.82, 2.24) is 0 Å². The molecule has 0 aliphatic heterocycles. The van der Waals surface area contributed by atoms with Gasteiger partial charge in [-0.15, -0.1) is 0 Å². The normalized spacial score (nSPS) is 9.97. The van der Waals surface area contributed by atoms with E-state index in [2.05, 4.69) is 0 Å². The molecule has 0 aliphatic carbocycles. The Bertz CT molecular complexity index is 1160. The Labute approximate surface area is 228 Å². The Balaban J connectivity index is 0.000000518. The SMILES string of the molecule is CC(C)c1cccc(=O)c(O)c1.CC(C)c1cccc(=O)c(O)c1.CC(C)c1cccc(=O)c(O)c1.[Fe]. The van der Waals surface area contributed by atoms with Gasteiger partial charge in [0.2, 0.25) is 16.3 Å². The van der Waals surface area contributed by atoms with E-state index in [4.69, 9.17) is 0 Å². The summed E-state index contributed by atoms with van der Waals surface area (Å²) in [7, 11) is 0. The van der Waals surface area contributed by atoms with Crippen LogP contribution in [0.2, 0.25) is 0 Å². The van der Waals surface area contributed by atoms with Gasteiger partial charge in [-0.3, -0.25) is 14.4 Å². The van der Waals surface area contributed by atoms with Crippen LogP contribution in [0.3, 0.4) is 0 Å². The van der Waals surface area contributed by atoms with E-state index in [0.29, 0.717) is 17.8 Å². The molecule has 0 amide bonds. The molecule has 0 unspecified atom stereocenters. The molecule has 37 heavy (non-hydrogen) atoms. The van der Waals surface area contributed by atoms with Crippen LogP contribution in [0.25, 0.3) is 0 Å². The van der Waals surface area contributed by atoms with Crippen LogP contribution in [0.5, 0.6) is 17.2 Å². The van der Waals surface area contributed by atoms with Gasteiger partial charge in [-0.25, -0.2) is 0 Å². The fraction of sp³-hybridized carbons (Fsp3) is 0.300. The van der Waals surface area contributed by atoms with E-state index in [1.807, 2.05) is 59.7 Å². The van der Waals surface area contributed by atoms with Crippen LogP contribution >= 0.6 is 0 Å². The maximum absolute atomic E-state index is 10.9. The first kappa shape index (κ1) is 33.6. The molecule has 0 bridgehead atoms. The summed E-state index contributed by atoms with van der Waals surface area (Å²) in [6.45, 7) is 12.1. The maximum Gasteiger partial charge on any atom is 0.220 e. The molecule has 3 aromatic rings. The first-order valence-electron chi connectivity index (χ1n) is 11.8. The van der Waals surface area contributed by atoms with E-state index in [9.17, 15) is 29.7 Å². The van der Waals surface area contributed by atoms with E-state index in [1.54, 1.807) is 18.2 Å². The van der Waals surface area contributed by atoms with Gasteiger partial charge >= 0.3 is 0 Å². The molecule has 0 atom stereocenters. The van der Waals surface area contributed by atoms with E-state index in [-0.39, 0.29) is 50.6 Å². The van der Waals surface area contributed by atoms with E-state index >= 15 is 0 Å². The number of hydrogen-bond donors (Lipinski definition) is 3. The van der Waals surface area contributed by atoms with Gasteiger partial charge in [0.15, 0.2) is 17.2 Å². The quantitative estimate of drug-likeness (QED) is 0.366. The van der Waals surface area contributed by atoms with Crippen molar-refractivity contribution < 1.29 is 32.4 Å². The predicted octanol–water partition coefficient (Wildman–Crippen LogP) is 5.62. The second kappa shape index (κ2) is 16.4. The zero-order chi connectivity index (χ0) is 27.4. The average Bonchev–Trinajstić information content (AvgIpc) is 3.17. The molecule has 3 N–H and O–H groups in total. The minimum absolute atomic E-state index is 0. The van der Waals surface area contributed by atoms with Crippen LogP contribution < -0.4 is 16.3 Å². The standard InChI is InChI=1S/3C10H12O2.Fe/c3*1-7(2)8-4-3-5-9(11)10(12)6-8;/h3*3-7H,1-2H3,(H,11,12);. The number of aromatic hydroxyl groups is 3. The Hall–Kier alpha value is -3.41. The summed E-state index contributed by atoms with van der Waals surface area (Å²) < 4.78 is 0. The molecule has 0 heterocycles. The third-order valence-corrected chi connectivity index (χ3v) is 5.28. The first-order chi connectivity index (χ1) is 16.8.